The molecule has 1 aromatic heterocycles. The van der Waals surface area contributed by atoms with Crippen LogP contribution in [-0.4, -0.2) is 31.9 Å². The van der Waals surface area contributed by atoms with Gasteiger partial charge < -0.3 is 5.32 Å². The normalized spacial score (nSPS) is 21.8. The molecule has 4 nitrogen and oxygen atoms in total. The van der Waals surface area contributed by atoms with Crippen molar-refractivity contribution in [1.29, 1.82) is 0 Å². The minimum atomic E-state index is -3.26. The molecule has 0 spiro atoms. The fourth-order valence-electron chi connectivity index (χ4n) is 2.54. The van der Waals surface area contributed by atoms with Gasteiger partial charge in [-0.15, -0.1) is 11.3 Å². The molecule has 0 radical (unpaired) electrons. The molecular weight excluding hydrogens is 292 g/mol. The first kappa shape index (κ1) is 14.5. The molecule has 1 aliphatic carbocycles. The predicted octanol–water partition coefficient (Wildman–Crippen LogP) is 2.56. The Morgan fingerprint density at radius 3 is 2.55 bits per heavy atom. The fraction of sp³-hybridized carbons (Fsp3) is 0.714. The Bertz CT molecular complexity index is 541. The first-order valence-corrected chi connectivity index (χ1v) is 9.79. The van der Waals surface area contributed by atoms with Gasteiger partial charge in [0.1, 0.15) is 4.21 Å². The lowest BCUT2D eigenvalue weighted by Crippen LogP contribution is -2.31. The zero-order chi connectivity index (χ0) is 14.0. The molecule has 0 amide bonds. The maximum atomic E-state index is 12.6. The van der Waals surface area contributed by atoms with Crippen molar-refractivity contribution in [3.05, 3.63) is 17.0 Å². The van der Waals surface area contributed by atoms with Crippen molar-refractivity contribution >= 4 is 21.4 Å². The third-order valence-electron chi connectivity index (χ3n) is 3.96. The molecule has 0 aromatic carbocycles. The molecule has 1 aliphatic heterocycles. The second kappa shape index (κ2) is 6.13. The van der Waals surface area contributed by atoms with Gasteiger partial charge in [0.25, 0.3) is 10.0 Å². The number of nitrogens with one attached hydrogen (secondary N) is 1. The summed E-state index contributed by atoms with van der Waals surface area (Å²) in [7, 11) is -3.26. The summed E-state index contributed by atoms with van der Waals surface area (Å²) in [5.74, 6) is 0. The Morgan fingerprint density at radius 1 is 1.20 bits per heavy atom. The van der Waals surface area contributed by atoms with Gasteiger partial charge in [-0.1, -0.05) is 12.8 Å². The molecule has 2 fully saturated rings. The van der Waals surface area contributed by atoms with Crippen LogP contribution >= 0.6 is 11.3 Å². The summed E-state index contributed by atoms with van der Waals surface area (Å²) in [6.07, 6.45) is 6.77. The minimum absolute atomic E-state index is 0.506. The topological polar surface area (TPSA) is 49.4 Å². The van der Waals surface area contributed by atoms with Crippen molar-refractivity contribution in [2.75, 3.05) is 13.1 Å². The van der Waals surface area contributed by atoms with Crippen LogP contribution in [0.1, 0.15) is 44.1 Å². The molecule has 2 heterocycles. The second-order valence-electron chi connectivity index (χ2n) is 5.75. The van der Waals surface area contributed by atoms with E-state index < -0.39 is 10.0 Å². The monoisotopic (exact) mass is 314 g/mol. The first-order chi connectivity index (χ1) is 9.66. The zero-order valence-corrected chi connectivity index (χ0v) is 13.3. The van der Waals surface area contributed by atoms with Gasteiger partial charge in [-0.2, -0.15) is 4.31 Å². The maximum absolute atomic E-state index is 12.6. The van der Waals surface area contributed by atoms with Crippen LogP contribution in [0.4, 0.5) is 0 Å². The van der Waals surface area contributed by atoms with E-state index in [2.05, 4.69) is 5.32 Å². The lowest BCUT2D eigenvalue weighted by molar-refractivity contribution is 0.425. The highest BCUT2D eigenvalue weighted by Crippen LogP contribution is 2.27. The summed E-state index contributed by atoms with van der Waals surface area (Å²) in [4.78, 5) is 0. The van der Waals surface area contributed by atoms with Gasteiger partial charge in [0.05, 0.1) is 0 Å². The Kier molecular flexibility index (Phi) is 4.45. The van der Waals surface area contributed by atoms with Crippen molar-refractivity contribution < 1.29 is 8.42 Å². The van der Waals surface area contributed by atoms with Crippen LogP contribution in [0.25, 0.3) is 0 Å². The summed E-state index contributed by atoms with van der Waals surface area (Å²) < 4.78 is 27.4. The summed E-state index contributed by atoms with van der Waals surface area (Å²) in [6.45, 7) is 2.14. The van der Waals surface area contributed by atoms with Crippen LogP contribution in [0.2, 0.25) is 0 Å². The molecule has 0 bridgehead atoms. The Balaban J connectivity index is 1.69. The van der Waals surface area contributed by atoms with E-state index >= 15 is 0 Å². The van der Waals surface area contributed by atoms with Crippen LogP contribution in [0, 0.1) is 0 Å². The van der Waals surface area contributed by atoms with E-state index in [1.54, 1.807) is 4.31 Å². The minimum Gasteiger partial charge on any atom is -0.310 e. The van der Waals surface area contributed by atoms with Crippen molar-refractivity contribution in [3.63, 3.8) is 0 Å². The lowest BCUT2D eigenvalue weighted by atomic mass is 10.2. The van der Waals surface area contributed by atoms with E-state index in [-0.39, 0.29) is 0 Å². The number of hydrogen-bond donors (Lipinski definition) is 1. The summed E-state index contributed by atoms with van der Waals surface area (Å²) >= 11 is 1.36. The van der Waals surface area contributed by atoms with Crippen LogP contribution in [0.5, 0.6) is 0 Å². The highest BCUT2D eigenvalue weighted by molar-refractivity contribution is 7.91. The molecule has 20 heavy (non-hydrogen) atoms. The molecule has 1 saturated heterocycles. The van der Waals surface area contributed by atoms with Gasteiger partial charge in [-0.05, 0) is 42.7 Å². The van der Waals surface area contributed by atoms with E-state index in [9.17, 15) is 8.42 Å². The third kappa shape index (κ3) is 3.42. The molecule has 1 N–H and O–H groups in total. The molecule has 3 rings (SSSR count). The number of hydrogen-bond acceptors (Lipinski definition) is 4. The number of nitrogens with zero attached hydrogens (tertiary/aromatic N) is 1. The highest BCUT2D eigenvalue weighted by atomic mass is 32.2. The van der Waals surface area contributed by atoms with E-state index in [1.807, 2.05) is 11.4 Å². The SMILES string of the molecule is O=S(=O)(c1cc(CNC2CC2)cs1)N1CCCCCC1. The molecule has 2 aliphatic rings. The van der Waals surface area contributed by atoms with Crippen LogP contribution in [0.3, 0.4) is 0 Å². The quantitative estimate of drug-likeness (QED) is 0.909. The van der Waals surface area contributed by atoms with Crippen LogP contribution in [0.15, 0.2) is 15.7 Å². The number of sulfonamides is 1. The van der Waals surface area contributed by atoms with Gasteiger partial charge in [-0.25, -0.2) is 8.42 Å². The first-order valence-electron chi connectivity index (χ1n) is 7.47. The standard InChI is InChI=1S/C14H22N2O2S2/c17-20(18,16-7-3-1-2-4-8-16)14-9-12(11-19-14)10-15-13-5-6-13/h9,11,13,15H,1-8,10H2. The van der Waals surface area contributed by atoms with Crippen LogP contribution in [-0.2, 0) is 16.6 Å². The summed E-state index contributed by atoms with van der Waals surface area (Å²) in [5, 5.41) is 5.40. The Hall–Kier alpha value is -0.430. The summed E-state index contributed by atoms with van der Waals surface area (Å²) in [5.41, 5.74) is 1.09. The molecular formula is C14H22N2O2S2. The van der Waals surface area contributed by atoms with E-state index in [4.69, 9.17) is 0 Å². The second-order valence-corrected chi connectivity index (χ2v) is 8.82. The smallest absolute Gasteiger partial charge is 0.252 e. The Morgan fingerprint density at radius 2 is 1.90 bits per heavy atom. The van der Waals surface area contributed by atoms with Gasteiger partial charge in [-0.3, -0.25) is 0 Å². The molecule has 0 atom stereocenters. The molecule has 112 valence electrons. The third-order valence-corrected chi connectivity index (χ3v) is 7.32. The maximum Gasteiger partial charge on any atom is 0.252 e. The van der Waals surface area contributed by atoms with Crippen molar-refractivity contribution in [3.8, 4) is 0 Å². The molecule has 6 heteroatoms. The van der Waals surface area contributed by atoms with Gasteiger partial charge >= 0.3 is 0 Å². The highest BCUT2D eigenvalue weighted by Gasteiger charge is 2.27. The van der Waals surface area contributed by atoms with Crippen molar-refractivity contribution in [2.45, 2.75) is 55.3 Å². The zero-order valence-electron chi connectivity index (χ0n) is 11.7. The average Bonchev–Trinajstić information content (AvgIpc) is 3.19. The van der Waals surface area contributed by atoms with Gasteiger partial charge in [0.15, 0.2) is 0 Å². The van der Waals surface area contributed by atoms with Gasteiger partial charge in [0.2, 0.25) is 0 Å². The molecule has 0 unspecified atom stereocenters. The van der Waals surface area contributed by atoms with E-state index in [0.29, 0.717) is 23.3 Å². The lowest BCUT2D eigenvalue weighted by Gasteiger charge is -2.18. The number of thiophene rings is 1. The predicted molar refractivity (Wildman–Crippen MR) is 81.4 cm³/mol. The Labute approximate surface area is 125 Å². The largest absolute Gasteiger partial charge is 0.310 e. The van der Waals surface area contributed by atoms with Gasteiger partial charge in [0, 0.05) is 25.7 Å². The van der Waals surface area contributed by atoms with Crippen molar-refractivity contribution in [2.24, 2.45) is 0 Å². The number of rotatable bonds is 5. The molecule has 1 aromatic rings. The van der Waals surface area contributed by atoms with E-state index in [1.165, 1.54) is 24.2 Å². The molecule has 1 saturated carbocycles. The van der Waals surface area contributed by atoms with Crippen LogP contribution < -0.4 is 5.32 Å². The average molecular weight is 314 g/mol. The fourth-order valence-corrected chi connectivity index (χ4v) is 5.42. The van der Waals surface area contributed by atoms with E-state index in [0.717, 1.165) is 37.8 Å². The van der Waals surface area contributed by atoms with Crippen molar-refractivity contribution in [1.82, 2.24) is 9.62 Å². The summed E-state index contributed by atoms with van der Waals surface area (Å²) in [6, 6.07) is 2.50.